The van der Waals surface area contributed by atoms with Crippen LogP contribution in [0.4, 0.5) is 0 Å². The van der Waals surface area contributed by atoms with Crippen molar-refractivity contribution in [1.82, 2.24) is 9.62 Å². The van der Waals surface area contributed by atoms with Crippen LogP contribution in [0.1, 0.15) is 54.6 Å². The molecule has 162 valence electrons. The summed E-state index contributed by atoms with van der Waals surface area (Å²) < 4.78 is 33.1. The highest BCUT2D eigenvalue weighted by atomic mass is 35.5. The van der Waals surface area contributed by atoms with Crippen molar-refractivity contribution in [2.24, 2.45) is 0 Å². The summed E-state index contributed by atoms with van der Waals surface area (Å²) in [6.07, 6.45) is 3.69. The number of halogens is 1. The molecule has 0 aromatic heterocycles. The highest BCUT2D eigenvalue weighted by Crippen LogP contribution is 2.29. The van der Waals surface area contributed by atoms with E-state index in [4.69, 9.17) is 16.3 Å². The molecule has 6 nitrogen and oxygen atoms in total. The minimum atomic E-state index is -3.76. The Morgan fingerprint density at radius 1 is 1.10 bits per heavy atom. The van der Waals surface area contributed by atoms with Gasteiger partial charge in [0.2, 0.25) is 10.0 Å². The first-order valence-electron chi connectivity index (χ1n) is 10.1. The van der Waals surface area contributed by atoms with Crippen LogP contribution in [-0.2, 0) is 10.0 Å². The first-order chi connectivity index (χ1) is 14.3. The molecule has 1 aliphatic heterocycles. The summed E-state index contributed by atoms with van der Waals surface area (Å²) in [5.41, 5.74) is 1.08. The lowest BCUT2D eigenvalue weighted by Crippen LogP contribution is -2.32. The number of rotatable bonds is 6. The number of nitrogens with one attached hydrogen (secondary N) is 1. The molecule has 0 radical (unpaired) electrons. The van der Waals surface area contributed by atoms with Gasteiger partial charge in [0.25, 0.3) is 5.91 Å². The zero-order valence-corrected chi connectivity index (χ0v) is 18.8. The van der Waals surface area contributed by atoms with E-state index in [1.165, 1.54) is 22.5 Å². The number of nitrogens with zero attached hydrogens (tertiary/aromatic N) is 1. The van der Waals surface area contributed by atoms with Crippen molar-refractivity contribution in [3.63, 3.8) is 0 Å². The molecule has 3 rings (SSSR count). The van der Waals surface area contributed by atoms with Crippen molar-refractivity contribution >= 4 is 27.5 Å². The van der Waals surface area contributed by atoms with E-state index >= 15 is 0 Å². The maximum absolute atomic E-state index is 13.2. The van der Waals surface area contributed by atoms with Gasteiger partial charge in [-0.05, 0) is 44.0 Å². The molecule has 1 heterocycles. The standard InChI is InChI=1S/C22H27ClN2O4S/c1-16(18-9-5-6-10-20(18)29-2)24-22(26)17-11-12-19(23)21(15-17)30(27,28)25-13-7-3-4-8-14-25/h5-6,9-12,15-16H,3-4,7-8,13-14H2,1-2H3,(H,24,26)/t16-/m1/s1. The monoisotopic (exact) mass is 450 g/mol. The summed E-state index contributed by atoms with van der Waals surface area (Å²) in [4.78, 5) is 12.8. The van der Waals surface area contributed by atoms with Crippen LogP contribution in [0.15, 0.2) is 47.4 Å². The van der Waals surface area contributed by atoms with Crippen LogP contribution >= 0.6 is 11.6 Å². The van der Waals surface area contributed by atoms with Gasteiger partial charge in [0, 0.05) is 24.2 Å². The average molecular weight is 451 g/mol. The molecule has 2 aromatic carbocycles. The molecule has 30 heavy (non-hydrogen) atoms. The van der Waals surface area contributed by atoms with Crippen molar-refractivity contribution in [2.45, 2.75) is 43.5 Å². The van der Waals surface area contributed by atoms with Crippen molar-refractivity contribution in [2.75, 3.05) is 20.2 Å². The Hall–Kier alpha value is -2.09. The Balaban J connectivity index is 1.84. The second-order valence-electron chi connectivity index (χ2n) is 7.40. The minimum absolute atomic E-state index is 0.0244. The number of carbonyl (C=O) groups is 1. The number of hydrogen-bond acceptors (Lipinski definition) is 4. The van der Waals surface area contributed by atoms with Crippen molar-refractivity contribution in [1.29, 1.82) is 0 Å². The van der Waals surface area contributed by atoms with Gasteiger partial charge >= 0.3 is 0 Å². The average Bonchev–Trinajstić information content (AvgIpc) is 3.04. The summed E-state index contributed by atoms with van der Waals surface area (Å²) in [5.74, 6) is 0.295. The van der Waals surface area contributed by atoms with Crippen LogP contribution in [0.2, 0.25) is 5.02 Å². The zero-order chi connectivity index (χ0) is 21.7. The Bertz CT molecular complexity index is 1000. The molecule has 2 aromatic rings. The fraction of sp³-hybridized carbons (Fsp3) is 0.409. The zero-order valence-electron chi connectivity index (χ0n) is 17.2. The number of ether oxygens (including phenoxy) is 1. The van der Waals surface area contributed by atoms with Crippen LogP contribution < -0.4 is 10.1 Å². The third-order valence-corrected chi connectivity index (χ3v) is 7.71. The number of sulfonamides is 1. The highest BCUT2D eigenvalue weighted by molar-refractivity contribution is 7.89. The van der Waals surface area contributed by atoms with E-state index < -0.39 is 10.0 Å². The van der Waals surface area contributed by atoms with E-state index in [1.807, 2.05) is 31.2 Å². The quantitative estimate of drug-likeness (QED) is 0.707. The van der Waals surface area contributed by atoms with Crippen molar-refractivity contribution < 1.29 is 17.9 Å². The molecule has 0 spiro atoms. The van der Waals surface area contributed by atoms with E-state index in [1.54, 1.807) is 7.11 Å². The predicted molar refractivity (Wildman–Crippen MR) is 118 cm³/mol. The molecule has 1 atom stereocenters. The van der Waals surface area contributed by atoms with Crippen LogP contribution in [0.3, 0.4) is 0 Å². The van der Waals surface area contributed by atoms with Gasteiger partial charge in [-0.2, -0.15) is 4.31 Å². The number of methoxy groups -OCH3 is 1. The van der Waals surface area contributed by atoms with Crippen molar-refractivity contribution in [3.8, 4) is 5.75 Å². The Kier molecular flexibility index (Phi) is 7.39. The lowest BCUT2D eigenvalue weighted by molar-refractivity contribution is 0.0939. The Morgan fingerprint density at radius 3 is 2.43 bits per heavy atom. The van der Waals surface area contributed by atoms with E-state index in [0.717, 1.165) is 31.2 Å². The van der Waals surface area contributed by atoms with E-state index in [9.17, 15) is 13.2 Å². The largest absolute Gasteiger partial charge is 0.496 e. The van der Waals surface area contributed by atoms with Crippen LogP contribution in [0.5, 0.6) is 5.75 Å². The number of benzene rings is 2. The molecule has 0 saturated carbocycles. The van der Waals surface area contributed by atoms with Gasteiger partial charge in [-0.15, -0.1) is 0 Å². The van der Waals surface area contributed by atoms with Crippen molar-refractivity contribution in [3.05, 3.63) is 58.6 Å². The number of carbonyl (C=O) groups excluding carboxylic acids is 1. The Labute approximate surface area is 183 Å². The third kappa shape index (κ3) is 4.96. The molecule has 0 aliphatic carbocycles. The number of amides is 1. The van der Waals surface area contributed by atoms with Gasteiger partial charge in [-0.3, -0.25) is 4.79 Å². The second-order valence-corrected chi connectivity index (χ2v) is 9.71. The lowest BCUT2D eigenvalue weighted by Gasteiger charge is -2.21. The maximum Gasteiger partial charge on any atom is 0.251 e. The summed E-state index contributed by atoms with van der Waals surface area (Å²) >= 11 is 6.23. The SMILES string of the molecule is COc1ccccc1[C@@H](C)NC(=O)c1ccc(Cl)c(S(=O)(=O)N2CCCCCC2)c1. The Morgan fingerprint density at radius 2 is 1.77 bits per heavy atom. The molecule has 1 aliphatic rings. The smallest absolute Gasteiger partial charge is 0.251 e. The molecular weight excluding hydrogens is 424 g/mol. The molecule has 1 N–H and O–H groups in total. The third-order valence-electron chi connectivity index (χ3n) is 5.33. The summed E-state index contributed by atoms with van der Waals surface area (Å²) in [5, 5.41) is 3.02. The van der Waals surface area contributed by atoms with Gasteiger partial charge in [-0.25, -0.2) is 8.42 Å². The number of para-hydroxylation sites is 1. The van der Waals surface area contributed by atoms with Gasteiger partial charge in [0.05, 0.1) is 18.2 Å². The summed E-state index contributed by atoms with van der Waals surface area (Å²) in [6, 6.07) is 11.5. The van der Waals surface area contributed by atoms with Gasteiger partial charge < -0.3 is 10.1 Å². The number of hydrogen-bond donors (Lipinski definition) is 1. The minimum Gasteiger partial charge on any atom is -0.496 e. The second kappa shape index (κ2) is 9.81. The van der Waals surface area contributed by atoms with Gasteiger partial charge in [0.15, 0.2) is 0 Å². The molecule has 0 bridgehead atoms. The summed E-state index contributed by atoms with van der Waals surface area (Å²) in [7, 11) is -2.19. The van der Waals surface area contributed by atoms with E-state index in [0.29, 0.717) is 18.8 Å². The highest BCUT2D eigenvalue weighted by Gasteiger charge is 2.28. The molecule has 1 saturated heterocycles. The lowest BCUT2D eigenvalue weighted by atomic mass is 10.1. The van der Waals surface area contributed by atoms with E-state index in [-0.39, 0.29) is 27.4 Å². The molecule has 1 amide bonds. The van der Waals surface area contributed by atoms with Crippen LogP contribution in [-0.4, -0.2) is 38.8 Å². The normalized spacial score (nSPS) is 16.5. The molecule has 1 fully saturated rings. The predicted octanol–water partition coefficient (Wildman–Crippen LogP) is 4.40. The maximum atomic E-state index is 13.2. The first kappa shape index (κ1) is 22.6. The van der Waals surface area contributed by atoms with Gasteiger partial charge in [0.1, 0.15) is 10.6 Å². The fourth-order valence-electron chi connectivity index (χ4n) is 3.65. The van der Waals surface area contributed by atoms with E-state index in [2.05, 4.69) is 5.32 Å². The van der Waals surface area contributed by atoms with Crippen LogP contribution in [0, 0.1) is 0 Å². The summed E-state index contributed by atoms with van der Waals surface area (Å²) in [6.45, 7) is 2.79. The molecule has 0 unspecified atom stereocenters. The van der Waals surface area contributed by atoms with Gasteiger partial charge in [-0.1, -0.05) is 42.6 Å². The first-order valence-corrected chi connectivity index (χ1v) is 11.9. The molecular formula is C22H27ClN2O4S. The van der Waals surface area contributed by atoms with Crippen LogP contribution in [0.25, 0.3) is 0 Å². The topological polar surface area (TPSA) is 75.7 Å². The molecule has 8 heteroatoms. The fourth-order valence-corrected chi connectivity index (χ4v) is 5.66.